The number of rotatable bonds is 6. The summed E-state index contributed by atoms with van der Waals surface area (Å²) >= 11 is 0. The van der Waals surface area contributed by atoms with Crippen LogP contribution in [0.2, 0.25) is 0 Å². The molecule has 1 N–H and O–H groups in total. The number of pyridine rings is 1. The summed E-state index contributed by atoms with van der Waals surface area (Å²) in [5, 5.41) is 3.24. The Morgan fingerprint density at radius 1 is 0.750 bits per heavy atom. The van der Waals surface area contributed by atoms with Gasteiger partial charge in [0.05, 0.1) is 7.11 Å². The van der Waals surface area contributed by atoms with Gasteiger partial charge in [-0.05, 0) is 48.5 Å². The molecule has 138 valence electrons. The van der Waals surface area contributed by atoms with Crippen molar-refractivity contribution >= 4 is 11.5 Å². The highest BCUT2D eigenvalue weighted by atomic mass is 16.5. The molecule has 28 heavy (non-hydrogen) atoms. The van der Waals surface area contributed by atoms with Crippen LogP contribution in [0.5, 0.6) is 17.4 Å². The Balaban J connectivity index is 1.57. The van der Waals surface area contributed by atoms with Gasteiger partial charge in [-0.2, -0.15) is 0 Å². The number of benzene rings is 2. The normalized spacial score (nSPS) is 10.3. The van der Waals surface area contributed by atoms with E-state index in [4.69, 9.17) is 9.47 Å². The third kappa shape index (κ3) is 3.91. The second-order valence-corrected chi connectivity index (χ2v) is 5.88. The highest BCUT2D eigenvalue weighted by molar-refractivity contribution is 5.71. The molecule has 2 heterocycles. The maximum absolute atomic E-state index is 6.00. The molecular weight excluding hydrogens is 352 g/mol. The fourth-order valence-electron chi connectivity index (χ4n) is 2.73. The van der Waals surface area contributed by atoms with Gasteiger partial charge in [-0.25, -0.2) is 15.0 Å². The molecule has 0 unspecified atom stereocenters. The summed E-state index contributed by atoms with van der Waals surface area (Å²) in [6.45, 7) is 0. The van der Waals surface area contributed by atoms with Gasteiger partial charge in [0, 0.05) is 29.8 Å². The van der Waals surface area contributed by atoms with E-state index in [-0.39, 0.29) is 0 Å². The smallest absolute Gasteiger partial charge is 0.246 e. The Hall–Kier alpha value is -3.93. The summed E-state index contributed by atoms with van der Waals surface area (Å²) in [6, 6.07) is 20.9. The predicted molar refractivity (Wildman–Crippen MR) is 108 cm³/mol. The van der Waals surface area contributed by atoms with Crippen molar-refractivity contribution in [3.8, 4) is 28.6 Å². The quantitative estimate of drug-likeness (QED) is 0.510. The van der Waals surface area contributed by atoms with Crippen LogP contribution in [-0.4, -0.2) is 22.1 Å². The van der Waals surface area contributed by atoms with E-state index in [9.17, 15) is 0 Å². The Morgan fingerprint density at radius 2 is 1.54 bits per heavy atom. The number of nitrogens with one attached hydrogen (secondary N) is 1. The molecule has 0 spiro atoms. The lowest BCUT2D eigenvalue weighted by Gasteiger charge is -2.12. The number of anilines is 2. The van der Waals surface area contributed by atoms with Crippen LogP contribution in [0.3, 0.4) is 0 Å². The maximum atomic E-state index is 6.00. The molecular formula is C22H18N4O2. The molecule has 2 aromatic heterocycles. The van der Waals surface area contributed by atoms with Crippen LogP contribution >= 0.6 is 0 Å². The minimum Gasteiger partial charge on any atom is -0.496 e. The van der Waals surface area contributed by atoms with Crippen LogP contribution in [0.1, 0.15) is 0 Å². The number of hydrogen-bond donors (Lipinski definition) is 1. The average Bonchev–Trinajstić information content (AvgIpc) is 2.76. The Morgan fingerprint density at radius 3 is 2.32 bits per heavy atom. The summed E-state index contributed by atoms with van der Waals surface area (Å²) < 4.78 is 11.4. The van der Waals surface area contributed by atoms with E-state index in [2.05, 4.69) is 20.3 Å². The molecule has 0 aliphatic rings. The first-order valence-electron chi connectivity index (χ1n) is 8.74. The lowest BCUT2D eigenvalue weighted by atomic mass is 10.1. The molecule has 4 aromatic rings. The van der Waals surface area contributed by atoms with E-state index >= 15 is 0 Å². The van der Waals surface area contributed by atoms with Crippen molar-refractivity contribution in [2.75, 3.05) is 12.4 Å². The van der Waals surface area contributed by atoms with E-state index in [1.165, 1.54) is 0 Å². The third-order valence-corrected chi connectivity index (χ3v) is 4.03. The van der Waals surface area contributed by atoms with Crippen LogP contribution in [0.4, 0.5) is 11.5 Å². The molecule has 0 aliphatic heterocycles. The van der Waals surface area contributed by atoms with Gasteiger partial charge in [-0.15, -0.1) is 0 Å². The molecule has 0 fully saturated rings. The zero-order valence-corrected chi connectivity index (χ0v) is 15.2. The largest absolute Gasteiger partial charge is 0.496 e. The molecule has 0 radical (unpaired) electrons. The standard InChI is InChI=1S/C22H18N4O2/c1-27-19-7-3-2-6-18(19)21-22(25-15-14-24-21)28-17-11-9-16(10-12-17)26-20-8-4-5-13-23-20/h2-15H,1H3,(H,23,26). The fraction of sp³-hybridized carbons (Fsp3) is 0.0455. The van der Waals surface area contributed by atoms with E-state index in [1.54, 1.807) is 25.7 Å². The Bertz CT molecular complexity index is 1050. The van der Waals surface area contributed by atoms with Gasteiger partial charge >= 0.3 is 0 Å². The Kier molecular flexibility index (Phi) is 5.11. The zero-order valence-electron chi connectivity index (χ0n) is 15.2. The van der Waals surface area contributed by atoms with Crippen molar-refractivity contribution in [1.82, 2.24) is 15.0 Å². The molecule has 0 saturated carbocycles. The van der Waals surface area contributed by atoms with E-state index < -0.39 is 0 Å². The first kappa shape index (κ1) is 17.5. The van der Waals surface area contributed by atoms with Crippen molar-refractivity contribution in [3.05, 3.63) is 85.3 Å². The highest BCUT2D eigenvalue weighted by Crippen LogP contribution is 2.35. The van der Waals surface area contributed by atoms with Crippen LogP contribution in [0.25, 0.3) is 11.3 Å². The van der Waals surface area contributed by atoms with Gasteiger partial charge in [-0.1, -0.05) is 18.2 Å². The van der Waals surface area contributed by atoms with E-state index in [1.807, 2.05) is 66.7 Å². The first-order valence-corrected chi connectivity index (χ1v) is 8.74. The van der Waals surface area contributed by atoms with Crippen LogP contribution in [0.15, 0.2) is 85.3 Å². The number of para-hydroxylation sites is 1. The van der Waals surface area contributed by atoms with Crippen molar-refractivity contribution in [3.63, 3.8) is 0 Å². The number of nitrogens with zero attached hydrogens (tertiary/aromatic N) is 3. The molecule has 0 bridgehead atoms. The first-order chi connectivity index (χ1) is 13.8. The van der Waals surface area contributed by atoms with Crippen LogP contribution in [-0.2, 0) is 0 Å². The number of hydrogen-bond acceptors (Lipinski definition) is 6. The number of aromatic nitrogens is 3. The summed E-state index contributed by atoms with van der Waals surface area (Å²) in [5.41, 5.74) is 2.35. The molecule has 0 saturated heterocycles. The monoisotopic (exact) mass is 370 g/mol. The minimum absolute atomic E-state index is 0.414. The molecule has 0 aliphatic carbocycles. The van der Waals surface area contributed by atoms with Gasteiger partial charge in [0.1, 0.15) is 23.0 Å². The van der Waals surface area contributed by atoms with E-state index in [0.717, 1.165) is 17.1 Å². The number of methoxy groups -OCH3 is 1. The van der Waals surface area contributed by atoms with Gasteiger partial charge in [0.25, 0.3) is 0 Å². The summed E-state index contributed by atoms with van der Waals surface area (Å²) in [5.74, 6) is 2.56. The second kappa shape index (κ2) is 8.18. The lowest BCUT2D eigenvalue weighted by Crippen LogP contribution is -1.96. The third-order valence-electron chi connectivity index (χ3n) is 4.03. The lowest BCUT2D eigenvalue weighted by molar-refractivity contribution is 0.415. The molecule has 6 nitrogen and oxygen atoms in total. The van der Waals surface area contributed by atoms with E-state index in [0.29, 0.717) is 23.1 Å². The van der Waals surface area contributed by atoms with Crippen molar-refractivity contribution in [1.29, 1.82) is 0 Å². The van der Waals surface area contributed by atoms with Crippen molar-refractivity contribution < 1.29 is 9.47 Å². The van der Waals surface area contributed by atoms with Crippen molar-refractivity contribution in [2.45, 2.75) is 0 Å². The summed E-state index contributed by atoms with van der Waals surface area (Å²) in [6.07, 6.45) is 4.98. The zero-order chi connectivity index (χ0) is 19.2. The maximum Gasteiger partial charge on any atom is 0.246 e. The topological polar surface area (TPSA) is 69.2 Å². The minimum atomic E-state index is 0.414. The number of ether oxygens (including phenoxy) is 2. The van der Waals surface area contributed by atoms with Gasteiger partial charge in [0.15, 0.2) is 0 Å². The molecule has 4 rings (SSSR count). The van der Waals surface area contributed by atoms with Crippen molar-refractivity contribution in [2.24, 2.45) is 0 Å². The molecule has 0 amide bonds. The summed E-state index contributed by atoms with van der Waals surface area (Å²) in [7, 11) is 1.63. The van der Waals surface area contributed by atoms with Crippen LogP contribution < -0.4 is 14.8 Å². The summed E-state index contributed by atoms with van der Waals surface area (Å²) in [4.78, 5) is 13.0. The predicted octanol–water partition coefficient (Wildman–Crippen LogP) is 5.08. The molecule has 2 aromatic carbocycles. The fourth-order valence-corrected chi connectivity index (χ4v) is 2.73. The van der Waals surface area contributed by atoms with Gasteiger partial charge < -0.3 is 14.8 Å². The molecule has 0 atom stereocenters. The second-order valence-electron chi connectivity index (χ2n) is 5.88. The van der Waals surface area contributed by atoms with Crippen LogP contribution in [0, 0.1) is 0 Å². The molecule has 6 heteroatoms. The average molecular weight is 370 g/mol. The van der Waals surface area contributed by atoms with Gasteiger partial charge in [0.2, 0.25) is 5.88 Å². The highest BCUT2D eigenvalue weighted by Gasteiger charge is 2.14. The van der Waals surface area contributed by atoms with Gasteiger partial charge in [-0.3, -0.25) is 0 Å². The Labute approximate surface area is 162 Å². The SMILES string of the molecule is COc1ccccc1-c1nccnc1Oc1ccc(Nc2ccccn2)cc1.